The van der Waals surface area contributed by atoms with Gasteiger partial charge in [-0.1, -0.05) is 11.6 Å². The summed E-state index contributed by atoms with van der Waals surface area (Å²) in [6, 6.07) is 4.77. The third kappa shape index (κ3) is 3.95. The average molecular weight is 257 g/mol. The largest absolute Gasteiger partial charge is 0.314 e. The Kier molecular flexibility index (Phi) is 4.77. The third-order valence-corrected chi connectivity index (χ3v) is 3.37. The highest BCUT2D eigenvalue weighted by Gasteiger charge is 2.09. The predicted octanol–water partition coefficient (Wildman–Crippen LogP) is 2.32. The maximum absolute atomic E-state index is 13.5. The van der Waals surface area contributed by atoms with Crippen LogP contribution in [0.3, 0.4) is 0 Å². The summed E-state index contributed by atoms with van der Waals surface area (Å²) < 4.78 is 13.5. The van der Waals surface area contributed by atoms with Gasteiger partial charge >= 0.3 is 0 Å². The van der Waals surface area contributed by atoms with Crippen LogP contribution >= 0.6 is 11.6 Å². The zero-order valence-electron chi connectivity index (χ0n) is 9.88. The normalized spacial score (nSPS) is 17.3. The first-order chi connectivity index (χ1) is 8.25. The van der Waals surface area contributed by atoms with Crippen molar-refractivity contribution in [1.82, 2.24) is 10.2 Å². The second kappa shape index (κ2) is 6.34. The molecule has 2 rings (SSSR count). The summed E-state index contributed by atoms with van der Waals surface area (Å²) in [5, 5.41) is 3.93. The first kappa shape index (κ1) is 12.8. The molecule has 2 nitrogen and oxygen atoms in total. The Morgan fingerprint density at radius 1 is 1.29 bits per heavy atom. The highest BCUT2D eigenvalue weighted by Crippen LogP contribution is 2.16. The lowest BCUT2D eigenvalue weighted by Gasteiger charge is -2.27. The number of nitrogens with zero attached hydrogens (tertiary/aromatic N) is 1. The summed E-state index contributed by atoms with van der Waals surface area (Å²) in [6.45, 7) is 5.35. The minimum absolute atomic E-state index is 0.144. The molecule has 1 aromatic carbocycles. The summed E-state index contributed by atoms with van der Waals surface area (Å²) in [5.41, 5.74) is 0.729. The van der Waals surface area contributed by atoms with Crippen molar-refractivity contribution >= 4 is 11.6 Å². The van der Waals surface area contributed by atoms with Crippen molar-refractivity contribution in [2.24, 2.45) is 0 Å². The van der Waals surface area contributed by atoms with E-state index in [2.05, 4.69) is 10.2 Å². The molecule has 1 N–H and O–H groups in total. The molecule has 0 atom stereocenters. The molecule has 0 bridgehead atoms. The second-order valence-electron chi connectivity index (χ2n) is 4.43. The summed E-state index contributed by atoms with van der Waals surface area (Å²) in [6.07, 6.45) is 1.74. The fourth-order valence-corrected chi connectivity index (χ4v) is 2.36. The van der Waals surface area contributed by atoms with Crippen molar-refractivity contribution in [3.05, 3.63) is 34.6 Å². The molecule has 1 aromatic rings. The number of rotatable bonds is 4. The molecule has 0 radical (unpaired) electrons. The molecule has 1 aliphatic heterocycles. The summed E-state index contributed by atoms with van der Waals surface area (Å²) in [4.78, 5) is 2.42. The van der Waals surface area contributed by atoms with Gasteiger partial charge in [-0.05, 0) is 43.1 Å². The summed E-state index contributed by atoms with van der Waals surface area (Å²) in [5.74, 6) is -0.144. The minimum Gasteiger partial charge on any atom is -0.314 e. The van der Waals surface area contributed by atoms with E-state index in [4.69, 9.17) is 11.6 Å². The van der Waals surface area contributed by atoms with E-state index >= 15 is 0 Å². The zero-order valence-corrected chi connectivity index (χ0v) is 10.6. The smallest absolute Gasteiger partial charge is 0.126 e. The van der Waals surface area contributed by atoms with Crippen LogP contribution < -0.4 is 5.32 Å². The van der Waals surface area contributed by atoms with Crippen molar-refractivity contribution < 1.29 is 4.39 Å². The van der Waals surface area contributed by atoms with Crippen molar-refractivity contribution in [2.75, 3.05) is 32.7 Å². The summed E-state index contributed by atoms with van der Waals surface area (Å²) in [7, 11) is 0. The van der Waals surface area contributed by atoms with Crippen molar-refractivity contribution in [3.8, 4) is 0 Å². The van der Waals surface area contributed by atoms with Gasteiger partial charge in [-0.25, -0.2) is 4.39 Å². The molecule has 0 saturated carbocycles. The van der Waals surface area contributed by atoms with Crippen LogP contribution in [-0.2, 0) is 6.42 Å². The van der Waals surface area contributed by atoms with Crippen LogP contribution in [0.4, 0.5) is 4.39 Å². The van der Waals surface area contributed by atoms with Crippen LogP contribution in [0.5, 0.6) is 0 Å². The molecule has 0 aromatic heterocycles. The third-order valence-electron chi connectivity index (χ3n) is 3.14. The first-order valence-electron chi connectivity index (χ1n) is 6.13. The average Bonchev–Trinajstić information content (AvgIpc) is 2.35. The van der Waals surface area contributed by atoms with Crippen molar-refractivity contribution in [1.29, 1.82) is 0 Å². The lowest BCUT2D eigenvalue weighted by atomic mass is 10.1. The molecule has 4 heteroatoms. The second-order valence-corrected chi connectivity index (χ2v) is 4.87. The van der Waals surface area contributed by atoms with Gasteiger partial charge in [0.2, 0.25) is 0 Å². The Labute approximate surface area is 107 Å². The molecule has 94 valence electrons. The lowest BCUT2D eigenvalue weighted by Crippen LogP contribution is -2.43. The number of aryl methyl sites for hydroxylation is 1. The van der Waals surface area contributed by atoms with Crippen LogP contribution in [0.2, 0.25) is 5.02 Å². The maximum Gasteiger partial charge on any atom is 0.126 e. The van der Waals surface area contributed by atoms with Gasteiger partial charge in [0.1, 0.15) is 5.82 Å². The Balaban J connectivity index is 1.79. The van der Waals surface area contributed by atoms with E-state index < -0.39 is 0 Å². The topological polar surface area (TPSA) is 15.3 Å². The number of benzene rings is 1. The van der Waals surface area contributed by atoms with Crippen LogP contribution in [0.15, 0.2) is 18.2 Å². The molecule has 0 unspecified atom stereocenters. The maximum atomic E-state index is 13.5. The van der Waals surface area contributed by atoms with E-state index in [1.165, 1.54) is 6.07 Å². The van der Waals surface area contributed by atoms with Crippen molar-refractivity contribution in [3.63, 3.8) is 0 Å². The zero-order chi connectivity index (χ0) is 12.1. The van der Waals surface area contributed by atoms with Crippen LogP contribution in [0, 0.1) is 5.82 Å². The van der Waals surface area contributed by atoms with E-state index in [-0.39, 0.29) is 5.82 Å². The van der Waals surface area contributed by atoms with Gasteiger partial charge in [-0.2, -0.15) is 0 Å². The number of hydrogen-bond acceptors (Lipinski definition) is 2. The summed E-state index contributed by atoms with van der Waals surface area (Å²) >= 11 is 5.86. The Morgan fingerprint density at radius 3 is 2.82 bits per heavy atom. The van der Waals surface area contributed by atoms with Gasteiger partial charge in [0.25, 0.3) is 0 Å². The number of nitrogens with one attached hydrogen (secondary N) is 1. The molecule has 1 heterocycles. The standard InChI is InChI=1S/C13H18ClFN2/c14-12-3-4-13(15)11(10-12)2-1-7-17-8-5-16-6-9-17/h3-4,10,16H,1-2,5-9H2. The number of hydrogen-bond donors (Lipinski definition) is 1. The highest BCUT2D eigenvalue weighted by molar-refractivity contribution is 6.30. The monoisotopic (exact) mass is 256 g/mol. The fraction of sp³-hybridized carbons (Fsp3) is 0.538. The van der Waals surface area contributed by atoms with E-state index in [0.717, 1.165) is 51.1 Å². The molecular formula is C13H18ClFN2. The minimum atomic E-state index is -0.144. The molecule has 0 spiro atoms. The molecule has 1 saturated heterocycles. The molecule has 1 aliphatic rings. The van der Waals surface area contributed by atoms with Crippen LogP contribution in [0.1, 0.15) is 12.0 Å². The Hall–Kier alpha value is -0.640. The Bertz CT molecular complexity index is 364. The van der Waals surface area contributed by atoms with Gasteiger partial charge in [0.15, 0.2) is 0 Å². The highest BCUT2D eigenvalue weighted by atomic mass is 35.5. The number of piperazine rings is 1. The Morgan fingerprint density at radius 2 is 2.06 bits per heavy atom. The van der Waals surface area contributed by atoms with E-state index in [9.17, 15) is 4.39 Å². The van der Waals surface area contributed by atoms with Crippen LogP contribution in [0.25, 0.3) is 0 Å². The van der Waals surface area contributed by atoms with E-state index in [1.807, 2.05) is 0 Å². The first-order valence-corrected chi connectivity index (χ1v) is 6.50. The lowest BCUT2D eigenvalue weighted by molar-refractivity contribution is 0.238. The van der Waals surface area contributed by atoms with Gasteiger partial charge in [-0.15, -0.1) is 0 Å². The fourth-order valence-electron chi connectivity index (χ4n) is 2.16. The van der Waals surface area contributed by atoms with Crippen molar-refractivity contribution in [2.45, 2.75) is 12.8 Å². The number of halogens is 2. The SMILES string of the molecule is Fc1ccc(Cl)cc1CCCN1CCNCC1. The van der Waals surface area contributed by atoms with Gasteiger partial charge in [0.05, 0.1) is 0 Å². The van der Waals surface area contributed by atoms with Gasteiger partial charge in [0, 0.05) is 31.2 Å². The molecule has 0 aliphatic carbocycles. The predicted molar refractivity (Wildman–Crippen MR) is 69.0 cm³/mol. The molecule has 0 amide bonds. The molecule has 17 heavy (non-hydrogen) atoms. The van der Waals surface area contributed by atoms with E-state index in [0.29, 0.717) is 5.02 Å². The van der Waals surface area contributed by atoms with Gasteiger partial charge in [-0.3, -0.25) is 0 Å². The van der Waals surface area contributed by atoms with Crippen LogP contribution in [-0.4, -0.2) is 37.6 Å². The molecular weight excluding hydrogens is 239 g/mol. The van der Waals surface area contributed by atoms with E-state index in [1.54, 1.807) is 12.1 Å². The van der Waals surface area contributed by atoms with Gasteiger partial charge < -0.3 is 10.2 Å². The molecule has 1 fully saturated rings. The quantitative estimate of drug-likeness (QED) is 0.890.